The summed E-state index contributed by atoms with van der Waals surface area (Å²) < 4.78 is 10.8. The summed E-state index contributed by atoms with van der Waals surface area (Å²) in [6, 6.07) is 7.20. The van der Waals surface area contributed by atoms with Crippen molar-refractivity contribution in [2.75, 3.05) is 6.61 Å². The molecule has 0 unspecified atom stereocenters. The monoisotopic (exact) mass is 433 g/mol. The van der Waals surface area contributed by atoms with E-state index in [2.05, 4.69) is 20.7 Å². The lowest BCUT2D eigenvalue weighted by atomic mass is 10.0. The van der Waals surface area contributed by atoms with E-state index in [0.29, 0.717) is 0 Å². The first-order valence-electron chi connectivity index (χ1n) is 10.0. The van der Waals surface area contributed by atoms with Gasteiger partial charge in [0.15, 0.2) is 0 Å². The highest BCUT2D eigenvalue weighted by atomic mass is 16.6. The van der Waals surface area contributed by atoms with E-state index in [0.717, 1.165) is 5.56 Å². The van der Waals surface area contributed by atoms with E-state index in [1.165, 1.54) is 0 Å². The van der Waals surface area contributed by atoms with E-state index in [1.807, 2.05) is 44.2 Å². The van der Waals surface area contributed by atoms with Crippen LogP contribution in [0.15, 0.2) is 35.4 Å². The van der Waals surface area contributed by atoms with Crippen LogP contribution in [0.1, 0.15) is 46.6 Å². The van der Waals surface area contributed by atoms with Crippen LogP contribution in [0.25, 0.3) is 10.4 Å². The van der Waals surface area contributed by atoms with Gasteiger partial charge in [-0.15, -0.1) is 0 Å². The van der Waals surface area contributed by atoms with Crippen LogP contribution in [0.5, 0.6) is 0 Å². The Balaban J connectivity index is 2.89. The number of benzene rings is 1. The Labute approximate surface area is 182 Å². The summed E-state index contributed by atoms with van der Waals surface area (Å²) in [6.07, 6.45) is -0.522. The lowest BCUT2D eigenvalue weighted by molar-refractivity contribution is -0.130. The molecule has 0 heterocycles. The fraction of sp³-hybridized carbons (Fsp3) is 0.571. The second-order valence-electron chi connectivity index (χ2n) is 8.42. The van der Waals surface area contributed by atoms with E-state index >= 15 is 0 Å². The molecule has 2 N–H and O–H groups in total. The first-order chi connectivity index (χ1) is 14.5. The molecule has 0 spiro atoms. The molecule has 0 aliphatic carbocycles. The quantitative estimate of drug-likeness (QED) is 0.330. The highest BCUT2D eigenvalue weighted by molar-refractivity contribution is 5.91. The van der Waals surface area contributed by atoms with Gasteiger partial charge in [0.2, 0.25) is 11.8 Å². The molecule has 2 atom stereocenters. The van der Waals surface area contributed by atoms with Crippen LogP contribution in [0.3, 0.4) is 0 Å². The van der Waals surface area contributed by atoms with Gasteiger partial charge in [0.05, 0.1) is 19.3 Å². The van der Waals surface area contributed by atoms with Crippen molar-refractivity contribution < 1.29 is 23.9 Å². The largest absolute Gasteiger partial charge is 0.444 e. The standard InChI is InChI=1S/C21H31N5O5/c1-14(2)11-16(19(28)25-26-22)23-18(27)17(24-20(29)31-21(3,4)5)13-30-12-15-9-7-6-8-10-15/h6-10,14,16-17H,11-13H2,1-5H3,(H,23,27)(H,24,29)/t16-,17-/m0/s1. The van der Waals surface area contributed by atoms with Gasteiger partial charge >= 0.3 is 6.09 Å². The maximum Gasteiger partial charge on any atom is 0.408 e. The lowest BCUT2D eigenvalue weighted by Crippen LogP contribution is -2.54. The predicted molar refractivity (Wildman–Crippen MR) is 115 cm³/mol. The van der Waals surface area contributed by atoms with Crippen LogP contribution in [0.2, 0.25) is 0 Å². The lowest BCUT2D eigenvalue weighted by Gasteiger charge is -2.25. The highest BCUT2D eigenvalue weighted by Crippen LogP contribution is 2.09. The molecule has 0 fully saturated rings. The number of rotatable bonds is 10. The third kappa shape index (κ3) is 11.0. The minimum absolute atomic E-state index is 0.0507. The normalized spacial score (nSPS) is 13.0. The predicted octanol–water partition coefficient (Wildman–Crippen LogP) is 3.46. The molecule has 0 saturated heterocycles. The van der Waals surface area contributed by atoms with Crippen molar-refractivity contribution in [1.82, 2.24) is 10.6 Å². The van der Waals surface area contributed by atoms with Crippen LogP contribution >= 0.6 is 0 Å². The molecule has 0 bridgehead atoms. The van der Waals surface area contributed by atoms with E-state index in [1.54, 1.807) is 20.8 Å². The fourth-order valence-electron chi connectivity index (χ4n) is 2.58. The Hall–Kier alpha value is -3.10. The van der Waals surface area contributed by atoms with Crippen molar-refractivity contribution in [3.8, 4) is 0 Å². The second-order valence-corrected chi connectivity index (χ2v) is 8.42. The number of carbonyl (C=O) groups is 3. The average molecular weight is 434 g/mol. The second kappa shape index (κ2) is 12.6. The molecule has 0 saturated carbocycles. The Kier molecular flexibility index (Phi) is 10.5. The summed E-state index contributed by atoms with van der Waals surface area (Å²) in [4.78, 5) is 39.6. The van der Waals surface area contributed by atoms with Crippen molar-refractivity contribution in [3.05, 3.63) is 46.3 Å². The third-order valence-electron chi connectivity index (χ3n) is 3.87. The van der Waals surface area contributed by atoms with Crippen molar-refractivity contribution >= 4 is 17.9 Å². The zero-order valence-electron chi connectivity index (χ0n) is 18.6. The molecule has 0 aliphatic rings. The number of nitrogens with zero attached hydrogens (tertiary/aromatic N) is 3. The van der Waals surface area contributed by atoms with Crippen molar-refractivity contribution in [3.63, 3.8) is 0 Å². The van der Waals surface area contributed by atoms with Gasteiger partial charge in [-0.25, -0.2) is 4.79 Å². The van der Waals surface area contributed by atoms with Gasteiger partial charge in [-0.3, -0.25) is 9.59 Å². The molecule has 170 valence electrons. The zero-order chi connectivity index (χ0) is 23.4. The van der Waals surface area contributed by atoms with Crippen molar-refractivity contribution in [1.29, 1.82) is 0 Å². The van der Waals surface area contributed by atoms with Gasteiger partial charge in [-0.05, 0) is 49.3 Å². The van der Waals surface area contributed by atoms with E-state index in [4.69, 9.17) is 15.0 Å². The molecular formula is C21H31N5O5. The van der Waals surface area contributed by atoms with Gasteiger partial charge in [0.25, 0.3) is 0 Å². The van der Waals surface area contributed by atoms with Crippen LogP contribution in [-0.2, 0) is 25.7 Å². The first kappa shape index (κ1) is 25.9. The minimum Gasteiger partial charge on any atom is -0.444 e. The Bertz CT molecular complexity index is 785. The molecular weight excluding hydrogens is 402 g/mol. The molecule has 1 aromatic carbocycles. The topological polar surface area (TPSA) is 142 Å². The number of hydrogen-bond donors (Lipinski definition) is 2. The molecule has 0 radical (unpaired) electrons. The number of carbonyl (C=O) groups excluding carboxylic acids is 3. The van der Waals surface area contributed by atoms with Gasteiger partial charge in [0, 0.05) is 4.91 Å². The SMILES string of the molecule is CC(C)C[C@H](NC(=O)[C@H](COCc1ccccc1)NC(=O)OC(C)(C)C)C(=O)N=[N+]=[N-]. The number of amides is 3. The molecule has 0 aliphatic heterocycles. The number of hydrogen-bond acceptors (Lipinski definition) is 5. The molecule has 1 rings (SSSR count). The van der Waals surface area contributed by atoms with Gasteiger partial charge in [-0.1, -0.05) is 44.2 Å². The summed E-state index contributed by atoms with van der Waals surface area (Å²) in [5.74, 6) is -1.40. The van der Waals surface area contributed by atoms with Crippen LogP contribution in [0.4, 0.5) is 4.79 Å². The molecule has 1 aromatic rings. The average Bonchev–Trinajstić information content (AvgIpc) is 2.65. The maximum absolute atomic E-state index is 12.8. The van der Waals surface area contributed by atoms with E-state index in [9.17, 15) is 14.4 Å². The number of azide groups is 1. The third-order valence-corrected chi connectivity index (χ3v) is 3.87. The summed E-state index contributed by atoms with van der Waals surface area (Å²) >= 11 is 0. The van der Waals surface area contributed by atoms with E-state index < -0.39 is 35.6 Å². The Morgan fingerprint density at radius 1 is 1.10 bits per heavy atom. The van der Waals surface area contributed by atoms with Crippen LogP contribution in [0, 0.1) is 5.92 Å². The Morgan fingerprint density at radius 2 is 1.74 bits per heavy atom. The van der Waals surface area contributed by atoms with Gasteiger partial charge < -0.3 is 20.1 Å². The summed E-state index contributed by atoms with van der Waals surface area (Å²) in [7, 11) is 0. The molecule has 10 nitrogen and oxygen atoms in total. The number of nitrogens with one attached hydrogen (secondary N) is 2. The maximum atomic E-state index is 12.8. The van der Waals surface area contributed by atoms with Crippen molar-refractivity contribution in [2.24, 2.45) is 11.0 Å². The van der Waals surface area contributed by atoms with E-state index in [-0.39, 0.29) is 25.6 Å². The van der Waals surface area contributed by atoms with Gasteiger partial charge in [-0.2, -0.15) is 0 Å². The molecule has 31 heavy (non-hydrogen) atoms. The summed E-state index contributed by atoms with van der Waals surface area (Å²) in [6.45, 7) is 8.90. The van der Waals surface area contributed by atoms with Crippen LogP contribution < -0.4 is 10.6 Å². The molecule has 0 aromatic heterocycles. The highest BCUT2D eigenvalue weighted by Gasteiger charge is 2.28. The Morgan fingerprint density at radius 3 is 2.29 bits per heavy atom. The first-order valence-corrected chi connectivity index (χ1v) is 10.0. The molecule has 3 amide bonds. The summed E-state index contributed by atoms with van der Waals surface area (Å²) in [5.41, 5.74) is 8.69. The number of ether oxygens (including phenoxy) is 2. The van der Waals surface area contributed by atoms with Crippen LogP contribution in [-0.4, -0.2) is 42.2 Å². The van der Waals surface area contributed by atoms with Crippen molar-refractivity contribution in [2.45, 2.75) is 65.3 Å². The minimum atomic E-state index is -1.12. The summed E-state index contributed by atoms with van der Waals surface area (Å²) in [5, 5.41) is 8.11. The van der Waals surface area contributed by atoms with Gasteiger partial charge in [0.1, 0.15) is 11.6 Å². The molecule has 10 heteroatoms. The fourth-order valence-corrected chi connectivity index (χ4v) is 2.58. The number of alkyl carbamates (subject to hydrolysis) is 1. The zero-order valence-corrected chi connectivity index (χ0v) is 18.6. The smallest absolute Gasteiger partial charge is 0.408 e.